The number of hydrogen-bond acceptors (Lipinski definition) is 7. The lowest BCUT2D eigenvalue weighted by molar-refractivity contribution is -0.125. The van der Waals surface area contributed by atoms with Crippen LogP contribution in [0.1, 0.15) is 5.56 Å². The zero-order valence-corrected chi connectivity index (χ0v) is 17.9. The lowest BCUT2D eigenvalue weighted by atomic mass is 10.1. The van der Waals surface area contributed by atoms with E-state index in [1.807, 2.05) is 36.4 Å². The molecule has 3 rings (SSSR count). The van der Waals surface area contributed by atoms with E-state index in [0.29, 0.717) is 28.8 Å². The molecule has 1 amide bonds. The molecule has 1 atom stereocenters. The lowest BCUT2D eigenvalue weighted by Crippen LogP contribution is -2.28. The van der Waals surface area contributed by atoms with Gasteiger partial charge in [0.2, 0.25) is 11.7 Å². The maximum absolute atomic E-state index is 12.8. The van der Waals surface area contributed by atoms with Gasteiger partial charge in [-0.05, 0) is 48.4 Å². The van der Waals surface area contributed by atoms with E-state index in [1.165, 1.54) is 11.8 Å². The minimum Gasteiger partial charge on any atom is -0.497 e. The average molecular weight is 416 g/mol. The van der Waals surface area contributed by atoms with Crippen molar-refractivity contribution in [2.45, 2.75) is 11.7 Å². The van der Waals surface area contributed by atoms with E-state index in [9.17, 15) is 4.79 Å². The maximum Gasteiger partial charge on any atom is 0.242 e. The van der Waals surface area contributed by atoms with Crippen molar-refractivity contribution < 1.29 is 23.7 Å². The van der Waals surface area contributed by atoms with Gasteiger partial charge in [0.1, 0.15) is 5.75 Å². The number of hydrogen-bond donors (Lipinski definition) is 0. The van der Waals surface area contributed by atoms with Crippen molar-refractivity contribution in [3.8, 4) is 23.0 Å². The highest BCUT2D eigenvalue weighted by Crippen LogP contribution is 2.40. The summed E-state index contributed by atoms with van der Waals surface area (Å²) in [6.07, 6.45) is 0.520. The molecule has 0 N–H and O–H groups in total. The van der Waals surface area contributed by atoms with Gasteiger partial charge in [-0.25, -0.2) is 4.99 Å². The molecule has 1 heterocycles. The molecule has 0 saturated carbocycles. The SMILES string of the molecule is COc1ccc(N=C2S[C@@H](Cc3cc(OC)c(OC)c(OC)c3)C(=O)N2C)cc1. The van der Waals surface area contributed by atoms with Crippen LogP contribution in [0.25, 0.3) is 0 Å². The number of rotatable bonds is 7. The van der Waals surface area contributed by atoms with Crippen molar-refractivity contribution >= 4 is 28.5 Å². The van der Waals surface area contributed by atoms with Crippen LogP contribution in [-0.2, 0) is 11.2 Å². The first-order valence-corrected chi connectivity index (χ1v) is 9.84. The first kappa shape index (κ1) is 20.9. The highest BCUT2D eigenvalue weighted by atomic mass is 32.2. The summed E-state index contributed by atoms with van der Waals surface area (Å²) >= 11 is 1.45. The summed E-state index contributed by atoms with van der Waals surface area (Å²) in [5.74, 6) is 2.44. The Kier molecular flexibility index (Phi) is 6.53. The molecule has 0 radical (unpaired) electrons. The number of aliphatic imine (C=N–C) groups is 1. The molecular formula is C21H24N2O5S. The summed E-state index contributed by atoms with van der Waals surface area (Å²) in [6, 6.07) is 11.1. The van der Waals surface area contributed by atoms with Crippen LogP contribution in [0, 0.1) is 0 Å². The third-order valence-corrected chi connectivity index (χ3v) is 5.81. The fourth-order valence-electron chi connectivity index (χ4n) is 3.03. The Morgan fingerprint density at radius 1 is 0.966 bits per heavy atom. The summed E-state index contributed by atoms with van der Waals surface area (Å²) in [6.45, 7) is 0. The summed E-state index contributed by atoms with van der Waals surface area (Å²) in [5, 5.41) is 0.386. The van der Waals surface area contributed by atoms with Crippen molar-refractivity contribution in [2.75, 3.05) is 35.5 Å². The largest absolute Gasteiger partial charge is 0.497 e. The standard InChI is InChI=1S/C21H24N2O5S/c1-23-20(24)18(29-21(23)22-14-6-8-15(25-2)9-7-14)12-13-10-16(26-3)19(28-5)17(11-13)27-4/h6-11,18H,12H2,1-5H3/t18-/m0/s1. The third kappa shape index (κ3) is 4.42. The van der Waals surface area contributed by atoms with Crippen LogP contribution in [0.4, 0.5) is 5.69 Å². The summed E-state index contributed by atoms with van der Waals surface area (Å²) in [5.41, 5.74) is 1.69. The van der Waals surface area contributed by atoms with Crippen molar-refractivity contribution in [1.29, 1.82) is 0 Å². The van der Waals surface area contributed by atoms with E-state index >= 15 is 0 Å². The van der Waals surface area contributed by atoms with Gasteiger partial charge in [-0.1, -0.05) is 11.8 Å². The number of methoxy groups -OCH3 is 4. The molecule has 2 aromatic rings. The monoisotopic (exact) mass is 416 g/mol. The maximum atomic E-state index is 12.8. The number of carbonyl (C=O) groups is 1. The number of ether oxygens (including phenoxy) is 4. The molecular weight excluding hydrogens is 392 g/mol. The second kappa shape index (κ2) is 9.09. The Labute approximate surface area is 174 Å². The summed E-state index contributed by atoms with van der Waals surface area (Å²) in [4.78, 5) is 19.0. The van der Waals surface area contributed by atoms with Crippen LogP contribution in [0.2, 0.25) is 0 Å². The van der Waals surface area contributed by atoms with Crippen molar-refractivity contribution in [3.05, 3.63) is 42.0 Å². The normalized spacial score (nSPS) is 17.6. The Morgan fingerprint density at radius 2 is 1.59 bits per heavy atom. The first-order chi connectivity index (χ1) is 14.0. The third-order valence-electron chi connectivity index (χ3n) is 4.58. The van der Waals surface area contributed by atoms with Crippen LogP contribution < -0.4 is 18.9 Å². The molecule has 1 aliphatic rings. The average Bonchev–Trinajstić information content (AvgIpc) is 3.01. The number of amides is 1. The van der Waals surface area contributed by atoms with E-state index in [2.05, 4.69) is 4.99 Å². The van der Waals surface area contributed by atoms with Gasteiger partial charge in [0.05, 0.1) is 39.4 Å². The number of benzene rings is 2. The molecule has 0 aromatic heterocycles. The zero-order valence-electron chi connectivity index (χ0n) is 17.1. The molecule has 0 bridgehead atoms. The molecule has 8 heteroatoms. The highest BCUT2D eigenvalue weighted by molar-refractivity contribution is 8.15. The fraction of sp³-hybridized carbons (Fsp3) is 0.333. The minimum absolute atomic E-state index is 0.0102. The fourth-order valence-corrected chi connectivity index (χ4v) is 4.23. The van der Waals surface area contributed by atoms with Gasteiger partial charge >= 0.3 is 0 Å². The van der Waals surface area contributed by atoms with Gasteiger partial charge < -0.3 is 18.9 Å². The second-order valence-corrected chi connectivity index (χ2v) is 7.50. The molecule has 0 aliphatic carbocycles. The van der Waals surface area contributed by atoms with Crippen molar-refractivity contribution in [1.82, 2.24) is 4.90 Å². The van der Waals surface area contributed by atoms with Gasteiger partial charge in [0.15, 0.2) is 16.7 Å². The van der Waals surface area contributed by atoms with E-state index in [0.717, 1.165) is 17.0 Å². The van der Waals surface area contributed by atoms with Gasteiger partial charge in [0.25, 0.3) is 0 Å². The van der Waals surface area contributed by atoms with Gasteiger partial charge in [-0.3, -0.25) is 9.69 Å². The Balaban J connectivity index is 1.82. The quantitative estimate of drug-likeness (QED) is 0.688. The van der Waals surface area contributed by atoms with Crippen LogP contribution in [0.5, 0.6) is 23.0 Å². The van der Waals surface area contributed by atoms with E-state index in [4.69, 9.17) is 18.9 Å². The Bertz CT molecular complexity index is 889. The smallest absolute Gasteiger partial charge is 0.242 e. The van der Waals surface area contributed by atoms with Gasteiger partial charge in [-0.2, -0.15) is 0 Å². The molecule has 1 saturated heterocycles. The summed E-state index contributed by atoms with van der Waals surface area (Å²) < 4.78 is 21.3. The molecule has 29 heavy (non-hydrogen) atoms. The number of thioether (sulfide) groups is 1. The molecule has 7 nitrogen and oxygen atoms in total. The minimum atomic E-state index is -0.278. The Hall–Kier alpha value is -2.87. The van der Waals surface area contributed by atoms with Crippen LogP contribution in [-0.4, -0.2) is 56.7 Å². The van der Waals surface area contributed by atoms with Gasteiger partial charge in [-0.15, -0.1) is 0 Å². The van der Waals surface area contributed by atoms with Crippen LogP contribution in [0.3, 0.4) is 0 Å². The number of carbonyl (C=O) groups excluding carboxylic acids is 1. The zero-order chi connectivity index (χ0) is 21.0. The van der Waals surface area contributed by atoms with E-state index < -0.39 is 0 Å². The number of amidine groups is 1. The molecule has 2 aromatic carbocycles. The molecule has 0 spiro atoms. The highest BCUT2D eigenvalue weighted by Gasteiger charge is 2.36. The van der Waals surface area contributed by atoms with Crippen molar-refractivity contribution in [3.63, 3.8) is 0 Å². The predicted molar refractivity (Wildman–Crippen MR) is 114 cm³/mol. The molecule has 0 unspecified atom stereocenters. The van der Waals surface area contributed by atoms with Crippen LogP contribution >= 0.6 is 11.8 Å². The summed E-state index contributed by atoms with van der Waals surface area (Å²) in [7, 11) is 8.07. The first-order valence-electron chi connectivity index (χ1n) is 8.96. The van der Waals surface area contributed by atoms with Crippen molar-refractivity contribution in [2.24, 2.45) is 4.99 Å². The molecule has 1 fully saturated rings. The predicted octanol–water partition coefficient (Wildman–Crippen LogP) is 3.53. The van der Waals surface area contributed by atoms with Gasteiger partial charge in [0, 0.05) is 7.05 Å². The molecule has 154 valence electrons. The van der Waals surface area contributed by atoms with Crippen LogP contribution in [0.15, 0.2) is 41.4 Å². The van der Waals surface area contributed by atoms with E-state index in [-0.39, 0.29) is 11.2 Å². The lowest BCUT2D eigenvalue weighted by Gasteiger charge is -2.15. The molecule has 1 aliphatic heterocycles. The topological polar surface area (TPSA) is 69.6 Å². The van der Waals surface area contributed by atoms with E-state index in [1.54, 1.807) is 40.4 Å². The number of nitrogens with zero attached hydrogens (tertiary/aromatic N) is 2. The Morgan fingerprint density at radius 3 is 2.10 bits per heavy atom. The second-order valence-electron chi connectivity index (χ2n) is 6.33.